The Bertz CT molecular complexity index is 549. The minimum Gasteiger partial charge on any atom is -0.384 e. The van der Waals surface area contributed by atoms with Crippen molar-refractivity contribution < 1.29 is 8.42 Å². The first kappa shape index (κ1) is 15.3. The molecule has 1 aromatic rings. The molecule has 0 bridgehead atoms. The Labute approximate surface area is 121 Å². The van der Waals surface area contributed by atoms with Gasteiger partial charge in [0.1, 0.15) is 4.90 Å². The third-order valence-electron chi connectivity index (χ3n) is 3.82. The van der Waals surface area contributed by atoms with Crippen molar-refractivity contribution in [1.29, 1.82) is 0 Å². The summed E-state index contributed by atoms with van der Waals surface area (Å²) in [5.41, 5.74) is 0.632. The lowest BCUT2D eigenvalue weighted by molar-refractivity contribution is 0.204. The number of aromatic nitrogens is 1. The molecule has 0 unspecified atom stereocenters. The second kappa shape index (κ2) is 6.10. The number of nitrogens with one attached hydrogen (secondary N) is 1. The molecule has 1 aliphatic heterocycles. The highest BCUT2D eigenvalue weighted by Gasteiger charge is 2.36. The molecule has 20 heavy (non-hydrogen) atoms. The van der Waals surface area contributed by atoms with Crippen molar-refractivity contribution in [1.82, 2.24) is 9.29 Å². The maximum atomic E-state index is 12.9. The zero-order valence-corrected chi connectivity index (χ0v) is 13.2. The van der Waals surface area contributed by atoms with Gasteiger partial charge < -0.3 is 5.32 Å². The lowest BCUT2D eigenvalue weighted by Gasteiger charge is -2.37. The van der Waals surface area contributed by atoms with E-state index in [2.05, 4.69) is 10.3 Å². The minimum atomic E-state index is -3.50. The molecule has 0 spiro atoms. The predicted octanol–water partition coefficient (Wildman–Crippen LogP) is 2.47. The minimum absolute atomic E-state index is 0.0402. The van der Waals surface area contributed by atoms with Crippen LogP contribution in [0.3, 0.4) is 0 Å². The second-order valence-electron chi connectivity index (χ2n) is 5.37. The Morgan fingerprint density at radius 1 is 1.35 bits per heavy atom. The highest BCUT2D eigenvalue weighted by atomic mass is 32.2. The fraction of sp³-hybridized carbons (Fsp3) is 0.643. The van der Waals surface area contributed by atoms with Gasteiger partial charge in [-0.2, -0.15) is 4.31 Å². The molecule has 1 aromatic heterocycles. The van der Waals surface area contributed by atoms with E-state index in [1.165, 1.54) is 6.20 Å². The standard InChI is InChI=1S/C14H23N3O2S/c1-4-16-13-8-9-15-10-14(13)20(18,19)17-11(2)6-5-7-12(17)3/h8-12H,4-7H2,1-3H3,(H,15,16)/t11-,12+. The molecule has 6 heteroatoms. The monoisotopic (exact) mass is 297 g/mol. The van der Waals surface area contributed by atoms with Crippen molar-refractivity contribution in [3.63, 3.8) is 0 Å². The van der Waals surface area contributed by atoms with Crippen LogP contribution in [0.15, 0.2) is 23.4 Å². The Hall–Kier alpha value is -1.14. The van der Waals surface area contributed by atoms with Gasteiger partial charge in [0.15, 0.2) is 0 Å². The van der Waals surface area contributed by atoms with Crippen molar-refractivity contribution in [3.05, 3.63) is 18.5 Å². The Balaban J connectivity index is 2.44. The number of sulfonamides is 1. The number of hydrogen-bond acceptors (Lipinski definition) is 4. The molecule has 0 aromatic carbocycles. The highest BCUT2D eigenvalue weighted by Crippen LogP contribution is 2.32. The second-order valence-corrected chi connectivity index (χ2v) is 7.18. The van der Waals surface area contributed by atoms with E-state index in [9.17, 15) is 8.42 Å². The van der Waals surface area contributed by atoms with Crippen LogP contribution in [0.4, 0.5) is 5.69 Å². The summed E-state index contributed by atoms with van der Waals surface area (Å²) in [5, 5.41) is 3.11. The molecule has 5 nitrogen and oxygen atoms in total. The van der Waals surface area contributed by atoms with Crippen LogP contribution in [0.25, 0.3) is 0 Å². The number of hydrogen-bond donors (Lipinski definition) is 1. The molecule has 1 N–H and O–H groups in total. The molecule has 112 valence electrons. The summed E-state index contributed by atoms with van der Waals surface area (Å²) >= 11 is 0. The van der Waals surface area contributed by atoms with Crippen molar-refractivity contribution in [2.24, 2.45) is 0 Å². The van der Waals surface area contributed by atoms with Gasteiger partial charge in [-0.3, -0.25) is 4.98 Å². The number of anilines is 1. The summed E-state index contributed by atoms with van der Waals surface area (Å²) in [6.07, 6.45) is 5.98. The molecular formula is C14H23N3O2S. The fourth-order valence-electron chi connectivity index (χ4n) is 2.91. The van der Waals surface area contributed by atoms with Gasteiger partial charge in [-0.05, 0) is 39.7 Å². The van der Waals surface area contributed by atoms with E-state index in [4.69, 9.17) is 0 Å². The van der Waals surface area contributed by atoms with E-state index >= 15 is 0 Å². The zero-order chi connectivity index (χ0) is 14.8. The van der Waals surface area contributed by atoms with Crippen LogP contribution in [-0.4, -0.2) is 36.3 Å². The summed E-state index contributed by atoms with van der Waals surface area (Å²) in [6, 6.07) is 1.80. The zero-order valence-electron chi connectivity index (χ0n) is 12.3. The van der Waals surface area contributed by atoms with E-state index in [1.807, 2.05) is 20.8 Å². The van der Waals surface area contributed by atoms with Crippen LogP contribution >= 0.6 is 0 Å². The first-order valence-corrected chi connectivity index (χ1v) is 8.64. The average Bonchev–Trinajstić information content (AvgIpc) is 2.39. The van der Waals surface area contributed by atoms with Crippen molar-refractivity contribution in [2.75, 3.05) is 11.9 Å². The number of pyridine rings is 1. The quantitative estimate of drug-likeness (QED) is 0.927. The predicted molar refractivity (Wildman–Crippen MR) is 80.2 cm³/mol. The summed E-state index contributed by atoms with van der Waals surface area (Å²) in [4.78, 5) is 4.27. The van der Waals surface area contributed by atoms with Gasteiger partial charge in [0, 0.05) is 31.0 Å². The molecule has 0 radical (unpaired) electrons. The van der Waals surface area contributed by atoms with E-state index in [0.717, 1.165) is 19.3 Å². The van der Waals surface area contributed by atoms with Gasteiger partial charge in [-0.25, -0.2) is 8.42 Å². The molecule has 0 amide bonds. The van der Waals surface area contributed by atoms with Gasteiger partial charge >= 0.3 is 0 Å². The lowest BCUT2D eigenvalue weighted by Crippen LogP contribution is -2.47. The van der Waals surface area contributed by atoms with Gasteiger partial charge in [0.2, 0.25) is 10.0 Å². The van der Waals surface area contributed by atoms with Crippen LogP contribution in [0.5, 0.6) is 0 Å². The molecule has 2 heterocycles. The smallest absolute Gasteiger partial charge is 0.247 e. The van der Waals surface area contributed by atoms with Crippen molar-refractivity contribution in [3.8, 4) is 0 Å². The van der Waals surface area contributed by atoms with Crippen LogP contribution in [0.2, 0.25) is 0 Å². The third kappa shape index (κ3) is 2.81. The van der Waals surface area contributed by atoms with E-state index in [1.54, 1.807) is 16.6 Å². The van der Waals surface area contributed by atoms with Gasteiger partial charge in [0.05, 0.1) is 5.69 Å². The molecular weight excluding hydrogens is 274 g/mol. The van der Waals surface area contributed by atoms with E-state index in [0.29, 0.717) is 12.2 Å². The topological polar surface area (TPSA) is 62.3 Å². The number of piperidine rings is 1. The summed E-state index contributed by atoms with van der Waals surface area (Å²) in [6.45, 7) is 6.59. The lowest BCUT2D eigenvalue weighted by atomic mass is 10.0. The molecule has 0 aliphatic carbocycles. The van der Waals surface area contributed by atoms with Gasteiger partial charge in [0.25, 0.3) is 0 Å². The molecule has 1 aliphatic rings. The maximum Gasteiger partial charge on any atom is 0.247 e. The molecule has 2 atom stereocenters. The van der Waals surface area contributed by atoms with Gasteiger partial charge in [-0.1, -0.05) is 6.42 Å². The van der Waals surface area contributed by atoms with Crippen LogP contribution in [0.1, 0.15) is 40.0 Å². The first-order chi connectivity index (χ1) is 9.48. The molecule has 1 fully saturated rings. The molecule has 0 saturated carbocycles. The largest absolute Gasteiger partial charge is 0.384 e. The van der Waals surface area contributed by atoms with Crippen LogP contribution in [0, 0.1) is 0 Å². The van der Waals surface area contributed by atoms with E-state index < -0.39 is 10.0 Å². The molecule has 1 saturated heterocycles. The fourth-order valence-corrected chi connectivity index (χ4v) is 4.90. The Morgan fingerprint density at radius 2 is 2.00 bits per heavy atom. The van der Waals surface area contributed by atoms with Crippen LogP contribution in [-0.2, 0) is 10.0 Å². The van der Waals surface area contributed by atoms with Crippen molar-refractivity contribution in [2.45, 2.75) is 57.0 Å². The highest BCUT2D eigenvalue weighted by molar-refractivity contribution is 7.89. The summed E-state index contributed by atoms with van der Waals surface area (Å²) < 4.78 is 27.5. The van der Waals surface area contributed by atoms with Gasteiger partial charge in [-0.15, -0.1) is 0 Å². The number of nitrogens with zero attached hydrogens (tertiary/aromatic N) is 2. The Morgan fingerprint density at radius 3 is 2.60 bits per heavy atom. The maximum absolute atomic E-state index is 12.9. The first-order valence-electron chi connectivity index (χ1n) is 7.20. The van der Waals surface area contributed by atoms with E-state index in [-0.39, 0.29) is 17.0 Å². The Kier molecular flexibility index (Phi) is 4.65. The summed E-state index contributed by atoms with van der Waals surface area (Å²) in [7, 11) is -3.50. The third-order valence-corrected chi connectivity index (χ3v) is 5.98. The SMILES string of the molecule is CCNc1ccncc1S(=O)(=O)N1[C@H](C)CCC[C@@H]1C. The van der Waals surface area contributed by atoms with Crippen molar-refractivity contribution >= 4 is 15.7 Å². The summed E-state index contributed by atoms with van der Waals surface area (Å²) in [5.74, 6) is 0. The molecule has 2 rings (SSSR count). The number of rotatable bonds is 4. The normalized spacial score (nSPS) is 24.6. The average molecular weight is 297 g/mol. The van der Waals surface area contributed by atoms with Crippen LogP contribution < -0.4 is 5.32 Å².